The van der Waals surface area contributed by atoms with Crippen molar-refractivity contribution in [3.63, 3.8) is 0 Å². The summed E-state index contributed by atoms with van der Waals surface area (Å²) >= 11 is 0. The minimum absolute atomic E-state index is 0.143. The molecule has 0 atom stereocenters. The van der Waals surface area contributed by atoms with Crippen LogP contribution in [-0.4, -0.2) is 44.0 Å². The minimum Gasteiger partial charge on any atom is -0.480 e. The number of nitrogens with zero attached hydrogens (tertiary/aromatic N) is 2. The second kappa shape index (κ2) is 4.63. The van der Waals surface area contributed by atoms with Gasteiger partial charge in [0.2, 0.25) is 5.88 Å². The summed E-state index contributed by atoms with van der Waals surface area (Å²) in [7, 11) is 6.66. The molecule has 0 spiro atoms. The Hall–Kier alpha value is -1.78. The summed E-state index contributed by atoms with van der Waals surface area (Å²) < 4.78 is 5.06. The summed E-state index contributed by atoms with van der Waals surface area (Å²) in [6.45, 7) is 0. The van der Waals surface area contributed by atoms with E-state index in [0.717, 1.165) is 5.69 Å². The highest BCUT2D eigenvalue weighted by Gasteiger charge is 2.12. The zero-order valence-corrected chi connectivity index (χ0v) is 9.37. The maximum atomic E-state index is 11.6. The third-order valence-corrected chi connectivity index (χ3v) is 1.95. The molecule has 0 bridgehead atoms. The van der Waals surface area contributed by atoms with Gasteiger partial charge in [0.25, 0.3) is 5.91 Å². The zero-order chi connectivity index (χ0) is 11.4. The Morgan fingerprint density at radius 3 is 2.60 bits per heavy atom. The topological polar surface area (TPSA) is 54.5 Å². The molecule has 1 amide bonds. The maximum Gasteiger partial charge on any atom is 0.272 e. The molecule has 0 radical (unpaired) electrons. The number of hydrogen-bond donors (Lipinski definition) is 1. The van der Waals surface area contributed by atoms with Gasteiger partial charge in [0.1, 0.15) is 5.69 Å². The monoisotopic (exact) mass is 209 g/mol. The van der Waals surface area contributed by atoms with E-state index in [4.69, 9.17) is 4.74 Å². The SMILES string of the molecule is CNc1ccc(C(=O)N(C)C)nc1OC. The summed E-state index contributed by atoms with van der Waals surface area (Å²) in [5.74, 6) is 0.279. The molecule has 0 aliphatic heterocycles. The first-order valence-corrected chi connectivity index (χ1v) is 4.54. The summed E-state index contributed by atoms with van der Waals surface area (Å²) in [5, 5.41) is 2.93. The lowest BCUT2D eigenvalue weighted by atomic mass is 10.3. The van der Waals surface area contributed by atoms with Gasteiger partial charge in [0.05, 0.1) is 12.8 Å². The lowest BCUT2D eigenvalue weighted by molar-refractivity contribution is 0.0821. The van der Waals surface area contributed by atoms with Gasteiger partial charge in [-0.25, -0.2) is 4.98 Å². The molecule has 0 saturated carbocycles. The molecule has 0 aliphatic rings. The Balaban J connectivity index is 3.08. The van der Waals surface area contributed by atoms with E-state index >= 15 is 0 Å². The Morgan fingerprint density at radius 1 is 1.47 bits per heavy atom. The second-order valence-electron chi connectivity index (χ2n) is 3.20. The Labute approximate surface area is 89.1 Å². The number of nitrogens with one attached hydrogen (secondary N) is 1. The highest BCUT2D eigenvalue weighted by molar-refractivity contribution is 5.92. The van der Waals surface area contributed by atoms with Crippen LogP contribution in [0.1, 0.15) is 10.5 Å². The molecule has 1 aromatic heterocycles. The first kappa shape index (κ1) is 11.3. The lowest BCUT2D eigenvalue weighted by Crippen LogP contribution is -2.22. The van der Waals surface area contributed by atoms with Crippen molar-refractivity contribution in [2.75, 3.05) is 33.6 Å². The number of aromatic nitrogens is 1. The van der Waals surface area contributed by atoms with Crippen LogP contribution in [0, 0.1) is 0 Å². The number of pyridine rings is 1. The zero-order valence-electron chi connectivity index (χ0n) is 9.37. The molecular weight excluding hydrogens is 194 g/mol. The van der Waals surface area contributed by atoms with Crippen LogP contribution in [0.15, 0.2) is 12.1 Å². The van der Waals surface area contributed by atoms with Gasteiger partial charge < -0.3 is 15.0 Å². The molecule has 1 heterocycles. The van der Waals surface area contributed by atoms with E-state index in [1.165, 1.54) is 12.0 Å². The number of hydrogen-bond acceptors (Lipinski definition) is 4. The minimum atomic E-state index is -0.143. The molecule has 1 aromatic rings. The number of anilines is 1. The highest BCUT2D eigenvalue weighted by Crippen LogP contribution is 2.21. The number of carbonyl (C=O) groups excluding carboxylic acids is 1. The predicted molar refractivity (Wildman–Crippen MR) is 58.4 cm³/mol. The van der Waals surface area contributed by atoms with Crippen molar-refractivity contribution < 1.29 is 9.53 Å². The van der Waals surface area contributed by atoms with Crippen LogP contribution in [0.3, 0.4) is 0 Å². The van der Waals surface area contributed by atoms with Crippen molar-refractivity contribution in [3.05, 3.63) is 17.8 Å². The number of ether oxygens (including phenoxy) is 1. The van der Waals surface area contributed by atoms with Gasteiger partial charge in [0, 0.05) is 21.1 Å². The van der Waals surface area contributed by atoms with Crippen LogP contribution in [0.25, 0.3) is 0 Å². The summed E-state index contributed by atoms with van der Waals surface area (Å²) in [6.07, 6.45) is 0. The highest BCUT2D eigenvalue weighted by atomic mass is 16.5. The van der Waals surface area contributed by atoms with E-state index in [1.807, 2.05) is 0 Å². The van der Waals surface area contributed by atoms with Crippen molar-refractivity contribution in [3.8, 4) is 5.88 Å². The summed E-state index contributed by atoms with van der Waals surface area (Å²) in [4.78, 5) is 17.2. The molecule has 0 aliphatic carbocycles. The Morgan fingerprint density at radius 2 is 2.13 bits per heavy atom. The van der Waals surface area contributed by atoms with Crippen LogP contribution >= 0.6 is 0 Å². The van der Waals surface area contributed by atoms with Gasteiger partial charge in [-0.05, 0) is 12.1 Å². The van der Waals surface area contributed by atoms with Crippen LogP contribution in [0.5, 0.6) is 5.88 Å². The molecule has 0 unspecified atom stereocenters. The van der Waals surface area contributed by atoms with E-state index in [9.17, 15) is 4.79 Å². The molecule has 5 nitrogen and oxygen atoms in total. The quantitative estimate of drug-likeness (QED) is 0.801. The van der Waals surface area contributed by atoms with Gasteiger partial charge in [-0.2, -0.15) is 0 Å². The average Bonchev–Trinajstić information content (AvgIpc) is 2.26. The Bertz CT molecular complexity index is 364. The van der Waals surface area contributed by atoms with Crippen LogP contribution < -0.4 is 10.1 Å². The molecule has 82 valence electrons. The van der Waals surface area contributed by atoms with Crippen molar-refractivity contribution in [1.82, 2.24) is 9.88 Å². The normalized spacial score (nSPS) is 9.60. The van der Waals surface area contributed by atoms with Gasteiger partial charge >= 0.3 is 0 Å². The third-order valence-electron chi connectivity index (χ3n) is 1.95. The number of carbonyl (C=O) groups is 1. The molecule has 15 heavy (non-hydrogen) atoms. The van der Waals surface area contributed by atoms with Gasteiger partial charge in [-0.3, -0.25) is 4.79 Å². The van der Waals surface area contributed by atoms with Crippen LogP contribution in [0.2, 0.25) is 0 Å². The summed E-state index contributed by atoms with van der Waals surface area (Å²) in [5.41, 5.74) is 1.13. The van der Waals surface area contributed by atoms with Crippen LogP contribution in [-0.2, 0) is 0 Å². The van der Waals surface area contributed by atoms with E-state index in [-0.39, 0.29) is 5.91 Å². The molecule has 1 rings (SSSR count). The van der Waals surface area contributed by atoms with Crippen molar-refractivity contribution in [2.24, 2.45) is 0 Å². The number of amides is 1. The lowest BCUT2D eigenvalue weighted by Gasteiger charge is -2.12. The fourth-order valence-electron chi connectivity index (χ4n) is 1.13. The third kappa shape index (κ3) is 2.37. The van der Waals surface area contributed by atoms with E-state index in [0.29, 0.717) is 11.6 Å². The summed E-state index contributed by atoms with van der Waals surface area (Å²) in [6, 6.07) is 3.43. The average molecular weight is 209 g/mol. The molecule has 1 N–H and O–H groups in total. The van der Waals surface area contributed by atoms with Crippen molar-refractivity contribution in [2.45, 2.75) is 0 Å². The largest absolute Gasteiger partial charge is 0.480 e. The van der Waals surface area contributed by atoms with Gasteiger partial charge in [-0.1, -0.05) is 0 Å². The fraction of sp³-hybridized carbons (Fsp3) is 0.400. The fourth-order valence-corrected chi connectivity index (χ4v) is 1.13. The molecule has 0 fully saturated rings. The van der Waals surface area contributed by atoms with Crippen molar-refractivity contribution in [1.29, 1.82) is 0 Å². The molecule has 5 heteroatoms. The Kier molecular flexibility index (Phi) is 3.49. The van der Waals surface area contributed by atoms with E-state index < -0.39 is 0 Å². The van der Waals surface area contributed by atoms with Gasteiger partial charge in [0.15, 0.2) is 0 Å². The maximum absolute atomic E-state index is 11.6. The van der Waals surface area contributed by atoms with Gasteiger partial charge in [-0.15, -0.1) is 0 Å². The number of methoxy groups -OCH3 is 1. The standard InChI is InChI=1S/C10H15N3O2/c1-11-7-5-6-8(10(14)13(2)3)12-9(7)15-4/h5-6,11H,1-4H3. The molecular formula is C10H15N3O2. The number of rotatable bonds is 3. The molecule has 0 aromatic carbocycles. The van der Waals surface area contributed by atoms with Crippen LogP contribution in [0.4, 0.5) is 5.69 Å². The first-order valence-electron chi connectivity index (χ1n) is 4.54. The first-order chi connectivity index (χ1) is 7.10. The predicted octanol–water partition coefficient (Wildman–Crippen LogP) is 0.834. The van der Waals surface area contributed by atoms with E-state index in [2.05, 4.69) is 10.3 Å². The second-order valence-corrected chi connectivity index (χ2v) is 3.20. The molecule has 0 saturated heterocycles. The smallest absolute Gasteiger partial charge is 0.272 e. The van der Waals surface area contributed by atoms with E-state index in [1.54, 1.807) is 33.3 Å². The van der Waals surface area contributed by atoms with Crippen molar-refractivity contribution >= 4 is 11.6 Å².